The molecule has 1 aromatic rings. The molecule has 2 aliphatic rings. The van der Waals surface area contributed by atoms with Gasteiger partial charge in [0.2, 0.25) is 0 Å². The van der Waals surface area contributed by atoms with Crippen LogP contribution in [0.4, 0.5) is 0 Å². The second kappa shape index (κ2) is 5.72. The highest BCUT2D eigenvalue weighted by atomic mass is 79.9. The maximum absolute atomic E-state index is 4.42. The van der Waals surface area contributed by atoms with E-state index in [1.54, 1.807) is 0 Å². The van der Waals surface area contributed by atoms with E-state index >= 15 is 0 Å². The van der Waals surface area contributed by atoms with Gasteiger partial charge in [0.1, 0.15) is 11.6 Å². The fourth-order valence-electron chi connectivity index (χ4n) is 3.19. The first-order valence-corrected chi connectivity index (χ1v) is 8.49. The van der Waals surface area contributed by atoms with Gasteiger partial charge in [-0.3, -0.25) is 0 Å². The predicted molar refractivity (Wildman–Crippen MR) is 75.8 cm³/mol. The molecular weight excluding hydrogens is 290 g/mol. The van der Waals surface area contributed by atoms with Crippen molar-refractivity contribution in [3.8, 4) is 0 Å². The van der Waals surface area contributed by atoms with E-state index in [0.717, 1.165) is 23.5 Å². The van der Waals surface area contributed by atoms with E-state index in [4.69, 9.17) is 0 Å². The third kappa shape index (κ3) is 2.79. The summed E-state index contributed by atoms with van der Waals surface area (Å²) in [5.74, 6) is 3.30. The molecule has 18 heavy (non-hydrogen) atoms. The number of halogens is 1. The Labute approximate surface area is 117 Å². The molecule has 0 saturated heterocycles. The molecule has 0 aliphatic heterocycles. The Morgan fingerprint density at radius 2 is 1.72 bits per heavy atom. The number of aromatic nitrogens is 3. The zero-order valence-electron chi connectivity index (χ0n) is 10.9. The molecule has 2 fully saturated rings. The molecule has 1 aromatic heterocycles. The van der Waals surface area contributed by atoms with Crippen LogP contribution in [0.5, 0.6) is 0 Å². The maximum Gasteiger partial charge on any atom is 0.143 e. The SMILES string of the molecule is BrCc1nnc(CCC2CCCCC2)n1C1CC1. The van der Waals surface area contributed by atoms with Crippen LogP contribution < -0.4 is 0 Å². The first-order valence-electron chi connectivity index (χ1n) is 7.37. The van der Waals surface area contributed by atoms with Gasteiger partial charge in [0.15, 0.2) is 0 Å². The second-order valence-electron chi connectivity index (χ2n) is 5.81. The van der Waals surface area contributed by atoms with Gasteiger partial charge >= 0.3 is 0 Å². The summed E-state index contributed by atoms with van der Waals surface area (Å²) in [6.07, 6.45) is 12.3. The molecule has 2 aliphatic carbocycles. The van der Waals surface area contributed by atoms with Gasteiger partial charge in [-0.1, -0.05) is 48.0 Å². The summed E-state index contributed by atoms with van der Waals surface area (Å²) >= 11 is 3.52. The number of rotatable bonds is 5. The highest BCUT2D eigenvalue weighted by Crippen LogP contribution is 2.37. The summed E-state index contributed by atoms with van der Waals surface area (Å²) in [6, 6.07) is 0.703. The lowest BCUT2D eigenvalue weighted by Crippen LogP contribution is -2.10. The van der Waals surface area contributed by atoms with Crippen LogP contribution in [-0.4, -0.2) is 14.8 Å². The quantitative estimate of drug-likeness (QED) is 0.769. The average Bonchev–Trinajstić information content (AvgIpc) is 3.18. The Bertz CT molecular complexity index is 392. The van der Waals surface area contributed by atoms with E-state index in [2.05, 4.69) is 30.7 Å². The third-order valence-corrected chi connectivity index (χ3v) is 4.87. The van der Waals surface area contributed by atoms with Crippen molar-refractivity contribution in [1.29, 1.82) is 0 Å². The Morgan fingerprint density at radius 1 is 1.00 bits per heavy atom. The van der Waals surface area contributed by atoms with E-state index in [1.807, 2.05) is 0 Å². The summed E-state index contributed by atoms with van der Waals surface area (Å²) in [7, 11) is 0. The topological polar surface area (TPSA) is 30.7 Å². The van der Waals surface area contributed by atoms with Crippen LogP contribution in [0.2, 0.25) is 0 Å². The largest absolute Gasteiger partial charge is 0.311 e. The minimum absolute atomic E-state index is 0.703. The van der Waals surface area contributed by atoms with Crippen LogP contribution >= 0.6 is 15.9 Å². The molecular formula is C14H22BrN3. The lowest BCUT2D eigenvalue weighted by molar-refractivity contribution is 0.336. The number of alkyl halides is 1. The highest BCUT2D eigenvalue weighted by Gasteiger charge is 2.29. The molecule has 0 atom stereocenters. The van der Waals surface area contributed by atoms with Gasteiger partial charge in [0, 0.05) is 12.5 Å². The molecule has 1 heterocycles. The maximum atomic E-state index is 4.42. The summed E-state index contributed by atoms with van der Waals surface area (Å²) in [6.45, 7) is 0. The van der Waals surface area contributed by atoms with E-state index in [0.29, 0.717) is 6.04 Å². The lowest BCUT2D eigenvalue weighted by Gasteiger charge is -2.21. The third-order valence-electron chi connectivity index (χ3n) is 4.37. The molecule has 100 valence electrons. The Morgan fingerprint density at radius 3 is 2.39 bits per heavy atom. The molecule has 0 bridgehead atoms. The minimum Gasteiger partial charge on any atom is -0.311 e. The standard InChI is InChI=1S/C14H22BrN3/c15-10-14-17-16-13(18(14)12-7-8-12)9-6-11-4-2-1-3-5-11/h11-12H,1-10H2. The molecule has 0 unspecified atom stereocenters. The fraction of sp³-hybridized carbons (Fsp3) is 0.857. The molecule has 4 heteroatoms. The monoisotopic (exact) mass is 311 g/mol. The molecule has 0 aromatic carbocycles. The van der Waals surface area contributed by atoms with Crippen LogP contribution in [-0.2, 0) is 11.8 Å². The first-order chi connectivity index (χ1) is 8.88. The summed E-state index contributed by atoms with van der Waals surface area (Å²) < 4.78 is 2.40. The van der Waals surface area contributed by atoms with Gasteiger partial charge in [-0.15, -0.1) is 10.2 Å². The van der Waals surface area contributed by atoms with Crippen LogP contribution in [0.15, 0.2) is 0 Å². The van der Waals surface area contributed by atoms with Crippen molar-refractivity contribution >= 4 is 15.9 Å². The van der Waals surface area contributed by atoms with Crippen LogP contribution in [0.1, 0.15) is 69.1 Å². The van der Waals surface area contributed by atoms with Crippen molar-refractivity contribution in [3.05, 3.63) is 11.6 Å². The Balaban J connectivity index is 1.63. The van der Waals surface area contributed by atoms with Gasteiger partial charge in [0.05, 0.1) is 5.33 Å². The Hall–Kier alpha value is -0.380. The van der Waals surface area contributed by atoms with E-state index in [-0.39, 0.29) is 0 Å². The number of aryl methyl sites for hydroxylation is 1. The van der Waals surface area contributed by atoms with Gasteiger partial charge in [0.25, 0.3) is 0 Å². The van der Waals surface area contributed by atoms with Gasteiger partial charge in [-0.25, -0.2) is 0 Å². The van der Waals surface area contributed by atoms with Gasteiger partial charge < -0.3 is 4.57 Å². The zero-order chi connectivity index (χ0) is 12.4. The Kier molecular flexibility index (Phi) is 4.02. The van der Waals surface area contributed by atoms with Gasteiger partial charge in [-0.2, -0.15) is 0 Å². The van der Waals surface area contributed by atoms with Crippen molar-refractivity contribution < 1.29 is 0 Å². The number of nitrogens with zero attached hydrogens (tertiary/aromatic N) is 3. The first kappa shape index (κ1) is 12.6. The number of hydrogen-bond donors (Lipinski definition) is 0. The van der Waals surface area contributed by atoms with Crippen molar-refractivity contribution in [1.82, 2.24) is 14.8 Å². The average molecular weight is 312 g/mol. The molecule has 0 spiro atoms. The molecule has 0 amide bonds. The predicted octanol–water partition coefficient (Wildman–Crippen LogP) is 4.02. The normalized spacial score (nSPS) is 21.4. The fourth-order valence-corrected chi connectivity index (χ4v) is 3.57. The molecule has 0 N–H and O–H groups in total. The van der Waals surface area contributed by atoms with Crippen LogP contribution in [0.25, 0.3) is 0 Å². The van der Waals surface area contributed by atoms with Crippen molar-refractivity contribution in [3.63, 3.8) is 0 Å². The van der Waals surface area contributed by atoms with Crippen molar-refractivity contribution in [2.75, 3.05) is 0 Å². The molecule has 3 nitrogen and oxygen atoms in total. The van der Waals surface area contributed by atoms with Crippen molar-refractivity contribution in [2.45, 2.75) is 69.2 Å². The summed E-state index contributed by atoms with van der Waals surface area (Å²) in [5, 5.41) is 9.57. The zero-order valence-corrected chi connectivity index (χ0v) is 12.5. The second-order valence-corrected chi connectivity index (χ2v) is 6.37. The molecule has 3 rings (SSSR count). The van der Waals surface area contributed by atoms with Gasteiger partial charge in [-0.05, 0) is 25.2 Å². The smallest absolute Gasteiger partial charge is 0.143 e. The summed E-state index contributed by atoms with van der Waals surface area (Å²) in [5.41, 5.74) is 0. The van der Waals surface area contributed by atoms with E-state index in [1.165, 1.54) is 57.2 Å². The molecule has 0 radical (unpaired) electrons. The summed E-state index contributed by atoms with van der Waals surface area (Å²) in [4.78, 5) is 0. The minimum atomic E-state index is 0.703. The van der Waals surface area contributed by atoms with E-state index < -0.39 is 0 Å². The molecule has 2 saturated carbocycles. The van der Waals surface area contributed by atoms with Crippen molar-refractivity contribution in [2.24, 2.45) is 5.92 Å². The number of hydrogen-bond acceptors (Lipinski definition) is 2. The lowest BCUT2D eigenvalue weighted by atomic mass is 9.86. The highest BCUT2D eigenvalue weighted by molar-refractivity contribution is 9.08. The van der Waals surface area contributed by atoms with Crippen LogP contribution in [0, 0.1) is 5.92 Å². The van der Waals surface area contributed by atoms with Crippen LogP contribution in [0.3, 0.4) is 0 Å². The van der Waals surface area contributed by atoms with E-state index in [9.17, 15) is 0 Å².